The molecule has 2 aromatic rings. The first-order chi connectivity index (χ1) is 8.97. The molecule has 0 radical (unpaired) electrons. The summed E-state index contributed by atoms with van der Waals surface area (Å²) in [5, 5.41) is 1.03. The summed E-state index contributed by atoms with van der Waals surface area (Å²) in [6.07, 6.45) is 0.682. The van der Waals surface area contributed by atoms with Crippen LogP contribution in [-0.2, 0) is 13.0 Å². The number of aromatic amines is 1. The smallest absolute Gasteiger partial charge is 0.253 e. The minimum Gasteiger partial charge on any atom is -0.385 e. The van der Waals surface area contributed by atoms with E-state index in [1.165, 1.54) is 6.07 Å². The number of nitrogens with zero attached hydrogens (tertiary/aromatic N) is 1. The number of halogens is 2. The van der Waals surface area contributed by atoms with Gasteiger partial charge >= 0.3 is 0 Å². The highest BCUT2D eigenvalue weighted by Crippen LogP contribution is 2.23. The van der Waals surface area contributed by atoms with Crippen LogP contribution >= 0.6 is 35.4 Å². The number of hydrogen-bond donors (Lipinski definition) is 2. The third-order valence-electron chi connectivity index (χ3n) is 2.67. The van der Waals surface area contributed by atoms with E-state index in [0.717, 1.165) is 5.56 Å². The molecule has 0 spiro atoms. The van der Waals surface area contributed by atoms with E-state index < -0.39 is 0 Å². The van der Waals surface area contributed by atoms with Crippen LogP contribution in [0.5, 0.6) is 0 Å². The van der Waals surface area contributed by atoms with Gasteiger partial charge in [-0.05, 0) is 36.3 Å². The third kappa shape index (κ3) is 3.37. The van der Waals surface area contributed by atoms with Crippen LogP contribution in [0.3, 0.4) is 0 Å². The van der Waals surface area contributed by atoms with Gasteiger partial charge in [-0.2, -0.15) is 0 Å². The van der Waals surface area contributed by atoms with Crippen molar-refractivity contribution in [2.24, 2.45) is 0 Å². The Labute approximate surface area is 124 Å². The zero-order valence-electron chi connectivity index (χ0n) is 9.82. The maximum atomic E-state index is 11.2. The molecular formula is C12H11Cl2N3OS. The minimum atomic E-state index is -0.298. The number of H-pyrrole nitrogens is 1. The molecule has 0 aliphatic rings. The number of aromatic nitrogens is 2. The maximum absolute atomic E-state index is 11.2. The van der Waals surface area contributed by atoms with Gasteiger partial charge in [-0.1, -0.05) is 29.3 Å². The summed E-state index contributed by atoms with van der Waals surface area (Å²) in [7, 11) is 0. The fourth-order valence-electron chi connectivity index (χ4n) is 1.71. The van der Waals surface area contributed by atoms with Gasteiger partial charge in [0.25, 0.3) is 5.56 Å². The molecular weight excluding hydrogens is 305 g/mol. The van der Waals surface area contributed by atoms with E-state index in [0.29, 0.717) is 33.6 Å². The Morgan fingerprint density at radius 1 is 1.26 bits per heavy atom. The lowest BCUT2D eigenvalue weighted by atomic mass is 10.1. The van der Waals surface area contributed by atoms with E-state index in [4.69, 9.17) is 41.2 Å². The molecule has 0 aliphatic carbocycles. The zero-order valence-corrected chi connectivity index (χ0v) is 12.1. The van der Waals surface area contributed by atoms with E-state index in [2.05, 4.69) is 4.98 Å². The van der Waals surface area contributed by atoms with Gasteiger partial charge in [0.1, 0.15) is 5.82 Å². The Hall–Kier alpha value is -1.30. The lowest BCUT2D eigenvalue weighted by molar-refractivity contribution is 0.672. The van der Waals surface area contributed by atoms with Crippen LogP contribution in [0.25, 0.3) is 0 Å². The van der Waals surface area contributed by atoms with Gasteiger partial charge in [0.15, 0.2) is 4.77 Å². The molecule has 0 unspecified atom stereocenters. The Morgan fingerprint density at radius 3 is 2.63 bits per heavy atom. The molecule has 0 amide bonds. The SMILES string of the molecule is Nc1cc(=O)[nH]c(=S)n1CCc1ccc(Cl)c(Cl)c1. The summed E-state index contributed by atoms with van der Waals surface area (Å²) >= 11 is 16.9. The summed E-state index contributed by atoms with van der Waals surface area (Å²) in [5.74, 6) is 0.341. The van der Waals surface area contributed by atoms with Gasteiger partial charge in [0, 0.05) is 12.6 Å². The largest absolute Gasteiger partial charge is 0.385 e. The van der Waals surface area contributed by atoms with Crippen LogP contribution in [0.4, 0.5) is 5.82 Å². The number of nitrogens with two attached hydrogens (primary N) is 1. The molecule has 1 heterocycles. The van der Waals surface area contributed by atoms with Crippen molar-refractivity contribution >= 4 is 41.2 Å². The van der Waals surface area contributed by atoms with Crippen LogP contribution in [0, 0.1) is 4.77 Å². The van der Waals surface area contributed by atoms with Crippen LogP contribution in [0.1, 0.15) is 5.56 Å². The molecule has 0 saturated carbocycles. The number of hydrogen-bond acceptors (Lipinski definition) is 3. The molecule has 19 heavy (non-hydrogen) atoms. The molecule has 3 N–H and O–H groups in total. The average molecular weight is 316 g/mol. The quantitative estimate of drug-likeness (QED) is 0.856. The van der Waals surface area contributed by atoms with Gasteiger partial charge in [-0.25, -0.2) is 0 Å². The second-order valence-electron chi connectivity index (χ2n) is 4.01. The van der Waals surface area contributed by atoms with Crippen molar-refractivity contribution in [1.82, 2.24) is 9.55 Å². The number of nitrogens with one attached hydrogen (secondary N) is 1. The van der Waals surface area contributed by atoms with Gasteiger partial charge in [-0.15, -0.1) is 0 Å². The number of benzene rings is 1. The molecule has 1 aromatic carbocycles. The van der Waals surface area contributed by atoms with Gasteiger partial charge in [0.05, 0.1) is 10.0 Å². The molecule has 0 bridgehead atoms. The van der Waals surface area contributed by atoms with E-state index in [1.54, 1.807) is 16.7 Å². The first-order valence-corrected chi connectivity index (χ1v) is 6.67. The number of anilines is 1. The Balaban J connectivity index is 2.21. The summed E-state index contributed by atoms with van der Waals surface area (Å²) in [6.45, 7) is 0.555. The normalized spacial score (nSPS) is 10.6. The molecule has 2 rings (SSSR count). The second-order valence-corrected chi connectivity index (χ2v) is 5.21. The van der Waals surface area contributed by atoms with Crippen molar-refractivity contribution in [1.29, 1.82) is 0 Å². The molecule has 0 saturated heterocycles. The third-order valence-corrected chi connectivity index (χ3v) is 3.74. The highest BCUT2D eigenvalue weighted by Gasteiger charge is 2.03. The zero-order chi connectivity index (χ0) is 14.0. The highest BCUT2D eigenvalue weighted by molar-refractivity contribution is 7.71. The lowest BCUT2D eigenvalue weighted by Gasteiger charge is -2.10. The van der Waals surface area contributed by atoms with Crippen LogP contribution in [0.2, 0.25) is 10.0 Å². The van der Waals surface area contributed by atoms with Gasteiger partial charge in [-0.3, -0.25) is 9.78 Å². The highest BCUT2D eigenvalue weighted by atomic mass is 35.5. The Morgan fingerprint density at radius 2 is 2.00 bits per heavy atom. The van der Waals surface area contributed by atoms with Gasteiger partial charge < -0.3 is 10.3 Å². The predicted octanol–water partition coefficient (Wildman–Crippen LogP) is 3.04. The molecule has 0 aliphatic heterocycles. The Kier molecular flexibility index (Phi) is 4.29. The summed E-state index contributed by atoms with van der Waals surface area (Å²) in [4.78, 5) is 13.7. The summed E-state index contributed by atoms with van der Waals surface area (Å²) in [6, 6.07) is 6.74. The topological polar surface area (TPSA) is 63.8 Å². The van der Waals surface area contributed by atoms with E-state index in [1.807, 2.05) is 6.07 Å². The lowest BCUT2D eigenvalue weighted by Crippen LogP contribution is -2.17. The van der Waals surface area contributed by atoms with Crippen LogP contribution < -0.4 is 11.3 Å². The molecule has 0 atom stereocenters. The van der Waals surface area contributed by atoms with Crippen molar-refractivity contribution in [2.45, 2.75) is 13.0 Å². The van der Waals surface area contributed by atoms with Gasteiger partial charge in [0.2, 0.25) is 0 Å². The fraction of sp³-hybridized carbons (Fsp3) is 0.167. The molecule has 4 nitrogen and oxygen atoms in total. The molecule has 100 valence electrons. The fourth-order valence-corrected chi connectivity index (χ4v) is 2.32. The standard InChI is InChI=1S/C12H11Cl2N3OS/c13-8-2-1-7(5-9(8)14)3-4-17-10(15)6-11(18)16-12(17)19/h1-2,5-6H,3-4,15H2,(H,16,18,19). The second kappa shape index (κ2) is 5.77. The molecule has 1 aromatic heterocycles. The number of nitrogen functional groups attached to an aromatic ring is 1. The number of rotatable bonds is 3. The monoisotopic (exact) mass is 315 g/mol. The van der Waals surface area contributed by atoms with Crippen LogP contribution in [-0.4, -0.2) is 9.55 Å². The van der Waals surface area contributed by atoms with Crippen molar-refractivity contribution < 1.29 is 0 Å². The van der Waals surface area contributed by atoms with E-state index >= 15 is 0 Å². The maximum Gasteiger partial charge on any atom is 0.253 e. The van der Waals surface area contributed by atoms with E-state index in [9.17, 15) is 4.79 Å². The van der Waals surface area contributed by atoms with Crippen molar-refractivity contribution in [3.63, 3.8) is 0 Å². The predicted molar refractivity (Wildman–Crippen MR) is 80.5 cm³/mol. The Bertz CT molecular complexity index is 724. The minimum absolute atomic E-state index is 0.298. The first-order valence-electron chi connectivity index (χ1n) is 5.51. The average Bonchev–Trinajstić information content (AvgIpc) is 2.32. The van der Waals surface area contributed by atoms with Crippen molar-refractivity contribution in [3.05, 3.63) is 55.0 Å². The molecule has 0 fully saturated rings. The molecule has 7 heteroatoms. The van der Waals surface area contributed by atoms with Crippen molar-refractivity contribution in [2.75, 3.05) is 5.73 Å². The summed E-state index contributed by atoms with van der Waals surface area (Å²) in [5.41, 5.74) is 6.49. The van der Waals surface area contributed by atoms with Crippen molar-refractivity contribution in [3.8, 4) is 0 Å². The number of aryl methyl sites for hydroxylation is 1. The first kappa shape index (κ1) is 14.1. The summed E-state index contributed by atoms with van der Waals surface area (Å²) < 4.78 is 1.98. The van der Waals surface area contributed by atoms with E-state index in [-0.39, 0.29) is 5.56 Å². The van der Waals surface area contributed by atoms with Crippen LogP contribution in [0.15, 0.2) is 29.1 Å².